The standard InChI is InChI=1S/C42H66N8O2.2H2S/c1-3-5-7-19-27-49-37(29-35-21-13-11-14-22-35)31-47(41(49)43)33-39(51)45-25-17-9-10-18-26-46-40(52)34-48-32-38(30-36-23-15-12-16-24-36)50(42(48)44)28-20-8-6-4-2;;/h11-16,21-24,37-38,43-44H,3-10,17-20,25-34H2,1-2H3,(H,45,51)(H,46,52);2*1H2/t37-,38-;;/m0../s1. The van der Waals surface area contributed by atoms with E-state index in [2.05, 4.69) is 82.8 Å². The van der Waals surface area contributed by atoms with Crippen LogP contribution >= 0.6 is 27.0 Å². The molecule has 0 saturated carbocycles. The fraction of sp³-hybridized carbons (Fsp3) is 0.619. The number of benzene rings is 2. The lowest BCUT2D eigenvalue weighted by Crippen LogP contribution is -2.41. The van der Waals surface area contributed by atoms with Gasteiger partial charge in [-0.1, -0.05) is 126 Å². The van der Waals surface area contributed by atoms with Crippen molar-refractivity contribution in [2.24, 2.45) is 0 Å². The molecular formula is C42H70N8O2S2. The van der Waals surface area contributed by atoms with Crippen molar-refractivity contribution in [2.75, 3.05) is 52.4 Å². The monoisotopic (exact) mass is 783 g/mol. The molecule has 2 aromatic rings. The molecule has 0 unspecified atom stereocenters. The molecule has 2 aliphatic heterocycles. The van der Waals surface area contributed by atoms with E-state index >= 15 is 0 Å². The van der Waals surface area contributed by atoms with Crippen molar-refractivity contribution in [2.45, 2.75) is 116 Å². The predicted octanol–water partition coefficient (Wildman–Crippen LogP) is 6.49. The van der Waals surface area contributed by atoms with Crippen molar-refractivity contribution < 1.29 is 9.59 Å². The Morgan fingerprint density at radius 2 is 0.944 bits per heavy atom. The Kier molecular flexibility index (Phi) is 22.9. The first kappa shape index (κ1) is 46.8. The second-order valence-electron chi connectivity index (χ2n) is 14.7. The molecule has 54 heavy (non-hydrogen) atoms. The van der Waals surface area contributed by atoms with E-state index in [0.717, 1.165) is 64.5 Å². The Hall–Kier alpha value is -3.38. The summed E-state index contributed by atoms with van der Waals surface area (Å²) in [5, 5.41) is 23.9. The Morgan fingerprint density at radius 3 is 1.31 bits per heavy atom. The minimum Gasteiger partial charge on any atom is -0.355 e. The van der Waals surface area contributed by atoms with Crippen molar-refractivity contribution in [1.82, 2.24) is 30.2 Å². The van der Waals surface area contributed by atoms with Gasteiger partial charge in [-0.25, -0.2) is 0 Å². The van der Waals surface area contributed by atoms with E-state index in [4.69, 9.17) is 10.8 Å². The van der Waals surface area contributed by atoms with Crippen molar-refractivity contribution in [1.29, 1.82) is 10.8 Å². The van der Waals surface area contributed by atoms with E-state index in [0.29, 0.717) is 38.1 Å². The quantitative estimate of drug-likeness (QED) is 0.0856. The highest BCUT2D eigenvalue weighted by molar-refractivity contribution is 7.59. The van der Waals surface area contributed by atoms with Gasteiger partial charge in [0.15, 0.2) is 11.9 Å². The number of carbonyl (C=O) groups excluding carboxylic acids is 2. The van der Waals surface area contributed by atoms with Crippen LogP contribution in [0.2, 0.25) is 0 Å². The number of amides is 2. The zero-order chi connectivity index (χ0) is 37.0. The van der Waals surface area contributed by atoms with E-state index in [-0.39, 0.29) is 64.0 Å². The van der Waals surface area contributed by atoms with Crippen LogP contribution in [0, 0.1) is 10.8 Å². The van der Waals surface area contributed by atoms with E-state index in [1.807, 2.05) is 21.9 Å². The van der Waals surface area contributed by atoms with Gasteiger partial charge in [0.2, 0.25) is 11.8 Å². The second kappa shape index (κ2) is 26.4. The van der Waals surface area contributed by atoms with Crippen molar-refractivity contribution in [3.63, 3.8) is 0 Å². The molecule has 2 saturated heterocycles. The van der Waals surface area contributed by atoms with Crippen LogP contribution in [0.4, 0.5) is 0 Å². The van der Waals surface area contributed by atoms with Crippen LogP contribution in [0.3, 0.4) is 0 Å². The topological polar surface area (TPSA) is 119 Å². The normalized spacial score (nSPS) is 16.7. The van der Waals surface area contributed by atoms with Gasteiger partial charge in [-0.15, -0.1) is 0 Å². The smallest absolute Gasteiger partial charge is 0.239 e. The number of guanidine groups is 2. The maximum atomic E-state index is 12.9. The van der Waals surface area contributed by atoms with E-state index < -0.39 is 0 Å². The first-order valence-electron chi connectivity index (χ1n) is 20.2. The maximum absolute atomic E-state index is 12.9. The van der Waals surface area contributed by atoms with Gasteiger partial charge in [-0.3, -0.25) is 20.4 Å². The summed E-state index contributed by atoms with van der Waals surface area (Å²) in [6, 6.07) is 21.3. The summed E-state index contributed by atoms with van der Waals surface area (Å²) >= 11 is 0. The highest BCUT2D eigenvalue weighted by Gasteiger charge is 2.36. The molecule has 2 heterocycles. The number of rotatable bonds is 25. The minimum absolute atomic E-state index is 0. The molecule has 10 nitrogen and oxygen atoms in total. The zero-order valence-electron chi connectivity index (χ0n) is 33.1. The largest absolute Gasteiger partial charge is 0.355 e. The molecule has 4 N–H and O–H groups in total. The Labute approximate surface area is 340 Å². The molecule has 2 aliphatic rings. The summed E-state index contributed by atoms with van der Waals surface area (Å²) in [7, 11) is 0. The van der Waals surface area contributed by atoms with Crippen molar-refractivity contribution >= 4 is 50.7 Å². The van der Waals surface area contributed by atoms with E-state index in [1.54, 1.807) is 0 Å². The summed E-state index contributed by atoms with van der Waals surface area (Å²) in [5.74, 6) is 0.897. The lowest BCUT2D eigenvalue weighted by molar-refractivity contribution is -0.122. The third-order valence-corrected chi connectivity index (χ3v) is 10.4. The Balaban J connectivity index is 0.00000504. The van der Waals surface area contributed by atoms with E-state index in [9.17, 15) is 9.59 Å². The average molecular weight is 783 g/mol. The number of carbonyl (C=O) groups is 2. The van der Waals surface area contributed by atoms with Gasteiger partial charge in [0.1, 0.15) is 0 Å². The fourth-order valence-corrected chi connectivity index (χ4v) is 7.50. The third-order valence-electron chi connectivity index (χ3n) is 10.4. The van der Waals surface area contributed by atoms with Gasteiger partial charge in [0.05, 0.1) is 25.2 Å². The molecule has 2 fully saturated rings. The highest BCUT2D eigenvalue weighted by Crippen LogP contribution is 2.22. The second-order valence-corrected chi connectivity index (χ2v) is 14.7. The predicted molar refractivity (Wildman–Crippen MR) is 233 cm³/mol. The van der Waals surface area contributed by atoms with Crippen LogP contribution in [0.1, 0.15) is 102 Å². The molecule has 2 atom stereocenters. The number of hydrogen-bond donors (Lipinski definition) is 4. The Morgan fingerprint density at radius 1 is 0.574 bits per heavy atom. The van der Waals surface area contributed by atoms with Crippen LogP contribution in [0.25, 0.3) is 0 Å². The first-order valence-corrected chi connectivity index (χ1v) is 20.2. The van der Waals surface area contributed by atoms with Crippen LogP contribution < -0.4 is 10.6 Å². The summed E-state index contributed by atoms with van der Waals surface area (Å²) in [6.45, 7) is 9.24. The molecule has 0 aromatic heterocycles. The molecule has 302 valence electrons. The number of nitrogens with zero attached hydrogens (tertiary/aromatic N) is 4. The van der Waals surface area contributed by atoms with Gasteiger partial charge in [0.25, 0.3) is 0 Å². The number of hydrogen-bond acceptors (Lipinski definition) is 4. The van der Waals surface area contributed by atoms with Crippen LogP contribution in [-0.4, -0.2) is 108 Å². The van der Waals surface area contributed by atoms with E-state index in [1.165, 1.54) is 49.7 Å². The van der Waals surface area contributed by atoms with Gasteiger partial charge in [-0.2, -0.15) is 27.0 Å². The molecular weight excluding hydrogens is 713 g/mol. The first-order chi connectivity index (χ1) is 25.4. The lowest BCUT2D eigenvalue weighted by atomic mass is 10.1. The van der Waals surface area contributed by atoms with Gasteiger partial charge < -0.3 is 30.2 Å². The van der Waals surface area contributed by atoms with Crippen molar-refractivity contribution in [3.05, 3.63) is 71.8 Å². The molecule has 2 aromatic carbocycles. The van der Waals surface area contributed by atoms with Crippen LogP contribution in [0.15, 0.2) is 60.7 Å². The fourth-order valence-electron chi connectivity index (χ4n) is 7.50. The molecule has 12 heteroatoms. The SMILES string of the molecule is CCCCCCN1C(=N)N(CC(=O)NCCCCCCNC(=O)CN2C[C@H](Cc3ccccc3)N(CCCCCC)C2=N)C[C@@H]1Cc1ccccc1.S.S. The Bertz CT molecular complexity index is 1270. The van der Waals surface area contributed by atoms with Gasteiger partial charge in [0, 0.05) is 39.3 Å². The van der Waals surface area contributed by atoms with Crippen LogP contribution in [0.5, 0.6) is 0 Å². The van der Waals surface area contributed by atoms with Gasteiger partial charge in [-0.05, 0) is 49.7 Å². The summed E-state index contributed by atoms with van der Waals surface area (Å²) in [4.78, 5) is 34.0. The van der Waals surface area contributed by atoms with Gasteiger partial charge >= 0.3 is 0 Å². The molecule has 0 aliphatic carbocycles. The number of nitrogens with one attached hydrogen (secondary N) is 4. The molecule has 4 rings (SSSR count). The number of unbranched alkanes of at least 4 members (excludes halogenated alkanes) is 9. The average Bonchev–Trinajstić information content (AvgIpc) is 3.59. The lowest BCUT2D eigenvalue weighted by Gasteiger charge is -2.25. The molecule has 0 spiro atoms. The summed E-state index contributed by atoms with van der Waals surface area (Å²) < 4.78 is 0. The summed E-state index contributed by atoms with van der Waals surface area (Å²) in [6.07, 6.45) is 14.8. The molecule has 0 radical (unpaired) electrons. The maximum Gasteiger partial charge on any atom is 0.239 e. The van der Waals surface area contributed by atoms with Crippen molar-refractivity contribution in [3.8, 4) is 0 Å². The zero-order valence-corrected chi connectivity index (χ0v) is 35.1. The highest BCUT2D eigenvalue weighted by atomic mass is 32.1. The molecule has 2 amide bonds. The molecule has 0 bridgehead atoms. The minimum atomic E-state index is -0.0266. The summed E-state index contributed by atoms with van der Waals surface area (Å²) in [5.41, 5.74) is 2.54. The van der Waals surface area contributed by atoms with Crippen LogP contribution in [-0.2, 0) is 22.4 Å². The third kappa shape index (κ3) is 15.8.